The summed E-state index contributed by atoms with van der Waals surface area (Å²) in [7, 11) is 1.70. The molecule has 2 saturated heterocycles. The molecule has 7 heteroatoms. The number of likely N-dealkylation sites (tertiary alicyclic amines) is 1. The number of benzene rings is 1. The lowest BCUT2D eigenvalue weighted by molar-refractivity contribution is 0.251. The van der Waals surface area contributed by atoms with Crippen LogP contribution in [0.1, 0.15) is 24.4 Å². The van der Waals surface area contributed by atoms with E-state index in [-0.39, 0.29) is 24.0 Å². The van der Waals surface area contributed by atoms with Crippen molar-refractivity contribution < 1.29 is 4.74 Å². The smallest absolute Gasteiger partial charge is 0.191 e. The van der Waals surface area contributed by atoms with Crippen LogP contribution in [0.3, 0.4) is 0 Å². The van der Waals surface area contributed by atoms with Gasteiger partial charge in [0.1, 0.15) is 5.75 Å². The number of guanidine groups is 1. The maximum absolute atomic E-state index is 6.25. The number of nitrogens with zero attached hydrogens (tertiary/aromatic N) is 3. The van der Waals surface area contributed by atoms with Crippen LogP contribution in [-0.4, -0.2) is 67.1 Å². The van der Waals surface area contributed by atoms with Gasteiger partial charge in [-0.2, -0.15) is 11.8 Å². The normalized spacial score (nSPS) is 20.2. The number of nitrogens with two attached hydrogens (primary N) is 1. The van der Waals surface area contributed by atoms with Gasteiger partial charge < -0.3 is 15.4 Å². The fourth-order valence-corrected chi connectivity index (χ4v) is 4.29. The lowest BCUT2D eigenvalue weighted by Gasteiger charge is -2.29. The molecule has 0 radical (unpaired) electrons. The predicted molar refractivity (Wildman–Crippen MR) is 117 cm³/mol. The second-order valence-corrected chi connectivity index (χ2v) is 7.56. The third-order valence-corrected chi connectivity index (χ3v) is 5.79. The molecule has 2 aliphatic rings. The van der Waals surface area contributed by atoms with Gasteiger partial charge in [0.15, 0.2) is 5.96 Å². The fraction of sp³-hybridized carbons (Fsp3) is 0.611. The Hall–Kier alpha value is -0.670. The van der Waals surface area contributed by atoms with E-state index in [1.165, 1.54) is 18.4 Å². The van der Waals surface area contributed by atoms with E-state index >= 15 is 0 Å². The largest absolute Gasteiger partial charge is 0.497 e. The second kappa shape index (κ2) is 10.5. The molecule has 2 N–H and O–H groups in total. The van der Waals surface area contributed by atoms with E-state index in [1.807, 2.05) is 23.9 Å². The Morgan fingerprint density at radius 2 is 1.80 bits per heavy atom. The molecule has 1 aromatic rings. The summed E-state index contributed by atoms with van der Waals surface area (Å²) in [6, 6.07) is 8.69. The molecule has 0 aliphatic carbocycles. The predicted octanol–water partition coefficient (Wildman–Crippen LogP) is 2.81. The quantitative estimate of drug-likeness (QED) is 0.403. The summed E-state index contributed by atoms with van der Waals surface area (Å²) in [5.41, 5.74) is 7.54. The van der Waals surface area contributed by atoms with Gasteiger partial charge in [0.2, 0.25) is 0 Å². The zero-order chi connectivity index (χ0) is 16.8. The number of ether oxygens (including phenoxy) is 1. The third kappa shape index (κ3) is 5.65. The van der Waals surface area contributed by atoms with Crippen molar-refractivity contribution in [3.8, 4) is 5.75 Å². The van der Waals surface area contributed by atoms with E-state index in [0.29, 0.717) is 12.0 Å². The van der Waals surface area contributed by atoms with E-state index in [4.69, 9.17) is 15.5 Å². The zero-order valence-electron chi connectivity index (χ0n) is 14.9. The molecule has 0 bridgehead atoms. The first-order chi connectivity index (χ1) is 11.8. The molecule has 0 spiro atoms. The summed E-state index contributed by atoms with van der Waals surface area (Å²) in [6.07, 6.45) is 2.55. The summed E-state index contributed by atoms with van der Waals surface area (Å²) in [5, 5.41) is 0. The summed E-state index contributed by atoms with van der Waals surface area (Å²) in [6.45, 7) is 5.04. The molecule has 0 aromatic heterocycles. The van der Waals surface area contributed by atoms with Gasteiger partial charge in [-0.3, -0.25) is 9.89 Å². The molecule has 5 nitrogen and oxygen atoms in total. The first-order valence-electron chi connectivity index (χ1n) is 8.78. The Balaban J connectivity index is 0.00000225. The fourth-order valence-electron chi connectivity index (χ4n) is 3.38. The second-order valence-electron chi connectivity index (χ2n) is 6.33. The van der Waals surface area contributed by atoms with Crippen LogP contribution in [0.5, 0.6) is 5.75 Å². The van der Waals surface area contributed by atoms with Crippen LogP contribution in [-0.2, 0) is 0 Å². The van der Waals surface area contributed by atoms with E-state index in [2.05, 4.69) is 21.9 Å². The van der Waals surface area contributed by atoms with Crippen molar-refractivity contribution in [2.24, 2.45) is 10.7 Å². The number of thioether (sulfide) groups is 1. The molecular weight excluding hydrogens is 447 g/mol. The average molecular weight is 476 g/mol. The number of rotatable bonds is 5. The maximum atomic E-state index is 6.25. The van der Waals surface area contributed by atoms with Gasteiger partial charge in [0, 0.05) is 24.6 Å². The number of aliphatic imine (C=N–C) groups is 1. The molecule has 3 rings (SSSR count). The summed E-state index contributed by atoms with van der Waals surface area (Å²) in [4.78, 5) is 9.50. The number of methoxy groups -OCH3 is 1. The van der Waals surface area contributed by atoms with Crippen LogP contribution in [0, 0.1) is 0 Å². The van der Waals surface area contributed by atoms with Gasteiger partial charge in [0.05, 0.1) is 19.7 Å². The van der Waals surface area contributed by atoms with Gasteiger partial charge in [-0.05, 0) is 43.6 Å². The lowest BCUT2D eigenvalue weighted by Crippen LogP contribution is -2.43. The van der Waals surface area contributed by atoms with E-state index in [9.17, 15) is 0 Å². The van der Waals surface area contributed by atoms with Crippen LogP contribution >= 0.6 is 35.7 Å². The molecule has 1 atom stereocenters. The molecule has 1 unspecified atom stereocenters. The van der Waals surface area contributed by atoms with Crippen LogP contribution in [0.25, 0.3) is 0 Å². The van der Waals surface area contributed by atoms with E-state index in [1.54, 1.807) is 7.11 Å². The monoisotopic (exact) mass is 476 g/mol. The number of halogens is 1. The summed E-state index contributed by atoms with van der Waals surface area (Å²) in [5.74, 6) is 3.88. The van der Waals surface area contributed by atoms with Crippen molar-refractivity contribution in [3.63, 3.8) is 0 Å². The highest BCUT2D eigenvalue weighted by Crippen LogP contribution is 2.27. The minimum atomic E-state index is 0. The highest BCUT2D eigenvalue weighted by atomic mass is 127. The molecule has 2 fully saturated rings. The third-order valence-electron chi connectivity index (χ3n) is 4.84. The van der Waals surface area contributed by atoms with Gasteiger partial charge in [-0.25, -0.2) is 0 Å². The summed E-state index contributed by atoms with van der Waals surface area (Å²) >= 11 is 1.99. The summed E-state index contributed by atoms with van der Waals surface area (Å²) < 4.78 is 5.28. The van der Waals surface area contributed by atoms with Crippen LogP contribution in [0.2, 0.25) is 0 Å². The molecule has 1 aromatic carbocycles. The van der Waals surface area contributed by atoms with Crippen LogP contribution < -0.4 is 10.5 Å². The zero-order valence-corrected chi connectivity index (χ0v) is 18.0. The molecule has 2 aliphatic heterocycles. The Kier molecular flexibility index (Phi) is 8.65. The van der Waals surface area contributed by atoms with Crippen molar-refractivity contribution in [1.82, 2.24) is 9.80 Å². The lowest BCUT2D eigenvalue weighted by atomic mass is 10.1. The van der Waals surface area contributed by atoms with Gasteiger partial charge >= 0.3 is 0 Å². The molecular formula is C18H29IN4OS. The molecule has 0 saturated carbocycles. The van der Waals surface area contributed by atoms with Crippen molar-refractivity contribution >= 4 is 41.7 Å². The minimum absolute atomic E-state index is 0. The first kappa shape index (κ1) is 20.6. The Morgan fingerprint density at radius 1 is 1.16 bits per heavy atom. The molecule has 25 heavy (non-hydrogen) atoms. The highest BCUT2D eigenvalue weighted by Gasteiger charge is 2.24. The van der Waals surface area contributed by atoms with E-state index < -0.39 is 0 Å². The SMILES string of the molecule is COc1ccc(C(CN=C(N)N2CCSCC2)N2CCCC2)cc1.I. The maximum Gasteiger partial charge on any atom is 0.191 e. The Morgan fingerprint density at radius 3 is 2.40 bits per heavy atom. The van der Waals surface area contributed by atoms with Gasteiger partial charge in [-0.1, -0.05) is 12.1 Å². The highest BCUT2D eigenvalue weighted by molar-refractivity contribution is 14.0. The van der Waals surface area contributed by atoms with E-state index in [0.717, 1.165) is 50.0 Å². The van der Waals surface area contributed by atoms with Gasteiger partial charge in [-0.15, -0.1) is 24.0 Å². The Labute approximate surface area is 172 Å². The van der Waals surface area contributed by atoms with Gasteiger partial charge in [0.25, 0.3) is 0 Å². The van der Waals surface area contributed by atoms with Crippen molar-refractivity contribution in [2.75, 3.05) is 51.3 Å². The number of hydrogen-bond acceptors (Lipinski definition) is 4. The standard InChI is InChI=1S/C18H28N4OS.HI/c1-23-16-6-4-15(5-7-16)17(21-8-2-3-9-21)14-20-18(19)22-10-12-24-13-11-22;/h4-7,17H,2-3,8-14H2,1H3,(H2,19,20);1H. The van der Waals surface area contributed by atoms with Crippen LogP contribution in [0.4, 0.5) is 0 Å². The van der Waals surface area contributed by atoms with Crippen molar-refractivity contribution in [2.45, 2.75) is 18.9 Å². The topological polar surface area (TPSA) is 54.1 Å². The molecule has 2 heterocycles. The van der Waals surface area contributed by atoms with Crippen molar-refractivity contribution in [1.29, 1.82) is 0 Å². The average Bonchev–Trinajstić information content (AvgIpc) is 3.17. The van der Waals surface area contributed by atoms with Crippen LogP contribution in [0.15, 0.2) is 29.3 Å². The van der Waals surface area contributed by atoms with Crippen molar-refractivity contribution in [3.05, 3.63) is 29.8 Å². The molecule has 0 amide bonds. The Bertz CT molecular complexity index is 543. The molecule has 140 valence electrons. The first-order valence-corrected chi connectivity index (χ1v) is 9.94. The minimum Gasteiger partial charge on any atom is -0.497 e. The number of hydrogen-bond donors (Lipinski definition) is 1.